The van der Waals surface area contributed by atoms with Crippen LogP contribution in [0.25, 0.3) is 0 Å². The molecule has 0 aromatic carbocycles. The highest BCUT2D eigenvalue weighted by Crippen LogP contribution is 2.07. The summed E-state index contributed by atoms with van der Waals surface area (Å²) in [6.45, 7) is 6.06. The van der Waals surface area contributed by atoms with E-state index >= 15 is 0 Å². The molecule has 0 heterocycles. The number of aliphatic carboxylic acids is 1. The van der Waals surface area contributed by atoms with E-state index in [-0.39, 0.29) is 6.10 Å². The molecule has 3 unspecified atom stereocenters. The zero-order valence-electron chi connectivity index (χ0n) is 9.22. The maximum Gasteiger partial charge on any atom is 0.321 e. The topological polar surface area (TPSA) is 80.7 Å². The van der Waals surface area contributed by atoms with Gasteiger partial charge >= 0.3 is 11.9 Å². The van der Waals surface area contributed by atoms with Gasteiger partial charge in [-0.1, -0.05) is 0 Å². The summed E-state index contributed by atoms with van der Waals surface area (Å²) in [5.41, 5.74) is 0. The van der Waals surface area contributed by atoms with Crippen LogP contribution in [0.3, 0.4) is 0 Å². The normalized spacial score (nSPS) is 16.9. The third-order valence-electron chi connectivity index (χ3n) is 1.73. The first-order chi connectivity index (χ1) is 6.77. The second-order valence-electron chi connectivity index (χ2n) is 3.44. The summed E-state index contributed by atoms with van der Waals surface area (Å²) in [4.78, 5) is 21.9. The monoisotopic (exact) mass is 236 g/mol. The number of ether oxygens (including phenoxy) is 1. The SMILES string of the molecule is CC(C)OC(=O)C(C)S(=O)C(C)C(=O)O. The summed E-state index contributed by atoms with van der Waals surface area (Å²) < 4.78 is 16.4. The molecule has 0 spiro atoms. The minimum absolute atomic E-state index is 0.294. The molecule has 5 nitrogen and oxygen atoms in total. The van der Waals surface area contributed by atoms with E-state index in [1.807, 2.05) is 0 Å². The smallest absolute Gasteiger partial charge is 0.321 e. The van der Waals surface area contributed by atoms with Crippen LogP contribution in [0.15, 0.2) is 0 Å². The van der Waals surface area contributed by atoms with Crippen LogP contribution in [0.5, 0.6) is 0 Å². The van der Waals surface area contributed by atoms with Crippen LogP contribution < -0.4 is 0 Å². The second-order valence-corrected chi connectivity index (χ2v) is 5.51. The molecule has 0 rings (SSSR count). The molecule has 0 saturated heterocycles. The number of carbonyl (C=O) groups excluding carboxylic acids is 1. The molecule has 3 atom stereocenters. The number of hydrogen-bond acceptors (Lipinski definition) is 4. The Balaban J connectivity index is 4.44. The fourth-order valence-corrected chi connectivity index (χ4v) is 1.88. The fourth-order valence-electron chi connectivity index (χ4n) is 0.829. The average molecular weight is 236 g/mol. The Morgan fingerprint density at radius 1 is 1.13 bits per heavy atom. The van der Waals surface area contributed by atoms with Gasteiger partial charge in [-0.25, -0.2) is 0 Å². The van der Waals surface area contributed by atoms with Gasteiger partial charge in [-0.2, -0.15) is 0 Å². The van der Waals surface area contributed by atoms with Crippen molar-refractivity contribution in [1.29, 1.82) is 0 Å². The number of hydrogen-bond donors (Lipinski definition) is 1. The zero-order valence-corrected chi connectivity index (χ0v) is 10.0. The van der Waals surface area contributed by atoms with Gasteiger partial charge in [0.1, 0.15) is 10.5 Å². The Kier molecular flexibility index (Phi) is 5.49. The van der Waals surface area contributed by atoms with Gasteiger partial charge in [0.05, 0.1) is 6.10 Å². The van der Waals surface area contributed by atoms with Crippen LogP contribution in [0.4, 0.5) is 0 Å². The average Bonchev–Trinajstić information content (AvgIpc) is 2.13. The van der Waals surface area contributed by atoms with Gasteiger partial charge in [0.15, 0.2) is 0 Å². The molecule has 0 radical (unpaired) electrons. The molecule has 0 amide bonds. The molecule has 0 fully saturated rings. The summed E-state index contributed by atoms with van der Waals surface area (Å²) in [7, 11) is -1.76. The fraction of sp³-hybridized carbons (Fsp3) is 0.778. The summed E-state index contributed by atoms with van der Waals surface area (Å²) in [6, 6.07) is 0. The van der Waals surface area contributed by atoms with Gasteiger partial charge < -0.3 is 9.84 Å². The zero-order chi connectivity index (χ0) is 12.2. The molecule has 0 bridgehead atoms. The standard InChI is InChI=1S/C9H16O5S/c1-5(2)14-9(12)7(4)15(13)6(3)8(10)11/h5-7H,1-4H3,(H,10,11). The van der Waals surface area contributed by atoms with E-state index in [1.165, 1.54) is 13.8 Å². The largest absolute Gasteiger partial charge is 0.480 e. The van der Waals surface area contributed by atoms with E-state index in [9.17, 15) is 13.8 Å². The van der Waals surface area contributed by atoms with Crippen LogP contribution in [0, 0.1) is 0 Å². The first kappa shape index (κ1) is 14.1. The highest BCUT2D eigenvalue weighted by atomic mass is 32.2. The van der Waals surface area contributed by atoms with Gasteiger partial charge in [0, 0.05) is 10.8 Å². The van der Waals surface area contributed by atoms with Crippen molar-refractivity contribution in [3.63, 3.8) is 0 Å². The van der Waals surface area contributed by atoms with Crippen molar-refractivity contribution in [1.82, 2.24) is 0 Å². The first-order valence-electron chi connectivity index (χ1n) is 4.60. The summed E-state index contributed by atoms with van der Waals surface area (Å²) >= 11 is 0. The van der Waals surface area contributed by atoms with Crippen LogP contribution in [-0.2, 0) is 25.1 Å². The number of carboxylic acids is 1. The number of carboxylic acid groups (broad SMARTS) is 1. The van der Waals surface area contributed by atoms with Crippen molar-refractivity contribution in [3.8, 4) is 0 Å². The lowest BCUT2D eigenvalue weighted by atomic mass is 10.4. The Bertz CT molecular complexity index is 274. The molecular formula is C9H16O5S. The van der Waals surface area contributed by atoms with E-state index in [0.29, 0.717) is 0 Å². The summed E-state index contributed by atoms with van der Waals surface area (Å²) in [5, 5.41) is 6.63. The van der Waals surface area contributed by atoms with Crippen molar-refractivity contribution < 1.29 is 23.6 Å². The third-order valence-corrected chi connectivity index (χ3v) is 3.52. The van der Waals surface area contributed by atoms with Crippen LogP contribution in [-0.4, -0.2) is 37.9 Å². The summed E-state index contributed by atoms with van der Waals surface area (Å²) in [6.07, 6.45) is -0.294. The Morgan fingerprint density at radius 3 is 1.93 bits per heavy atom. The predicted octanol–water partition coefficient (Wildman–Crippen LogP) is 0.548. The Morgan fingerprint density at radius 2 is 1.60 bits per heavy atom. The minimum atomic E-state index is -1.76. The molecular weight excluding hydrogens is 220 g/mol. The molecule has 0 saturated carbocycles. The van der Waals surface area contributed by atoms with E-state index < -0.39 is 33.2 Å². The maximum absolute atomic E-state index is 11.5. The van der Waals surface area contributed by atoms with Crippen LogP contribution >= 0.6 is 0 Å². The van der Waals surface area contributed by atoms with Crippen molar-refractivity contribution in [2.75, 3.05) is 0 Å². The van der Waals surface area contributed by atoms with E-state index in [0.717, 1.165) is 0 Å². The van der Waals surface area contributed by atoms with E-state index in [4.69, 9.17) is 9.84 Å². The molecule has 0 aliphatic heterocycles. The van der Waals surface area contributed by atoms with Crippen molar-refractivity contribution in [2.45, 2.75) is 44.3 Å². The third kappa shape index (κ3) is 4.42. The van der Waals surface area contributed by atoms with Gasteiger partial charge in [-0.3, -0.25) is 13.8 Å². The highest BCUT2D eigenvalue weighted by Gasteiger charge is 2.30. The number of esters is 1. The Labute approximate surface area is 91.3 Å². The van der Waals surface area contributed by atoms with Gasteiger partial charge in [0.2, 0.25) is 0 Å². The molecule has 6 heteroatoms. The second kappa shape index (κ2) is 5.85. The van der Waals surface area contributed by atoms with Crippen LogP contribution in [0.1, 0.15) is 27.7 Å². The number of rotatable bonds is 5. The molecule has 0 aromatic heterocycles. The summed E-state index contributed by atoms with van der Waals surface area (Å²) in [5.74, 6) is -1.81. The van der Waals surface area contributed by atoms with E-state index in [2.05, 4.69) is 0 Å². The highest BCUT2D eigenvalue weighted by molar-refractivity contribution is 7.87. The van der Waals surface area contributed by atoms with Gasteiger partial charge in [-0.15, -0.1) is 0 Å². The number of carbonyl (C=O) groups is 2. The maximum atomic E-state index is 11.5. The lowest BCUT2D eigenvalue weighted by molar-refractivity contribution is -0.146. The quantitative estimate of drug-likeness (QED) is 0.705. The molecule has 1 N–H and O–H groups in total. The first-order valence-corrected chi connectivity index (χ1v) is 5.87. The molecule has 0 aromatic rings. The van der Waals surface area contributed by atoms with Crippen molar-refractivity contribution in [3.05, 3.63) is 0 Å². The predicted molar refractivity (Wildman–Crippen MR) is 55.9 cm³/mol. The minimum Gasteiger partial charge on any atom is -0.480 e. The molecule has 88 valence electrons. The molecule has 15 heavy (non-hydrogen) atoms. The lowest BCUT2D eigenvalue weighted by Crippen LogP contribution is -2.35. The van der Waals surface area contributed by atoms with Crippen LogP contribution in [0.2, 0.25) is 0 Å². The van der Waals surface area contributed by atoms with Crippen molar-refractivity contribution >= 4 is 22.7 Å². The van der Waals surface area contributed by atoms with Gasteiger partial charge in [-0.05, 0) is 27.7 Å². The van der Waals surface area contributed by atoms with Crippen molar-refractivity contribution in [2.24, 2.45) is 0 Å². The molecule has 0 aliphatic rings. The van der Waals surface area contributed by atoms with Gasteiger partial charge in [0.25, 0.3) is 0 Å². The van der Waals surface area contributed by atoms with E-state index in [1.54, 1.807) is 13.8 Å². The lowest BCUT2D eigenvalue weighted by Gasteiger charge is -2.15. The Hall–Kier alpha value is -0.910. The molecule has 0 aliphatic carbocycles.